The second-order valence-electron chi connectivity index (χ2n) is 3.66. The van der Waals surface area contributed by atoms with Crippen molar-refractivity contribution in [2.45, 2.75) is 33.1 Å². The van der Waals surface area contributed by atoms with Gasteiger partial charge in [0.15, 0.2) is 0 Å². The number of aromatic hydroxyl groups is 1. The van der Waals surface area contributed by atoms with Gasteiger partial charge in [0.2, 0.25) is 0 Å². The van der Waals surface area contributed by atoms with Crippen LogP contribution in [0, 0.1) is 11.3 Å². The van der Waals surface area contributed by atoms with E-state index >= 15 is 0 Å². The molecule has 2 heteroatoms. The number of aryl methyl sites for hydroxylation is 1. The first-order chi connectivity index (χ1) is 6.61. The van der Waals surface area contributed by atoms with Crippen molar-refractivity contribution < 1.29 is 5.11 Å². The summed E-state index contributed by atoms with van der Waals surface area (Å²) in [7, 11) is 0. The first-order valence-electron chi connectivity index (χ1n) is 4.86. The highest BCUT2D eigenvalue weighted by atomic mass is 16.3. The van der Waals surface area contributed by atoms with Crippen LogP contribution in [0.3, 0.4) is 0 Å². The van der Waals surface area contributed by atoms with Crippen molar-refractivity contribution in [2.75, 3.05) is 0 Å². The van der Waals surface area contributed by atoms with Crippen LogP contribution in [0.15, 0.2) is 12.1 Å². The number of benzene rings is 1. The summed E-state index contributed by atoms with van der Waals surface area (Å²) in [5.74, 6) is 0.419. The largest absolute Gasteiger partial charge is 0.506 e. The van der Waals surface area contributed by atoms with Gasteiger partial charge in [-0.05, 0) is 23.5 Å². The SMILES string of the molecule is CCc1ccc(C(C)C)c(C#N)c1O. The fraction of sp³-hybridized carbons (Fsp3) is 0.417. The molecule has 0 fully saturated rings. The number of nitrogens with zero attached hydrogens (tertiary/aromatic N) is 1. The molecule has 1 aromatic rings. The van der Waals surface area contributed by atoms with Crippen molar-refractivity contribution in [3.05, 3.63) is 28.8 Å². The Kier molecular flexibility index (Phi) is 3.14. The Hall–Kier alpha value is -1.49. The Bertz CT molecular complexity index is 375. The van der Waals surface area contributed by atoms with E-state index in [9.17, 15) is 5.11 Å². The molecule has 0 radical (unpaired) electrons. The van der Waals surface area contributed by atoms with Crippen LogP contribution in [0.5, 0.6) is 5.75 Å². The minimum absolute atomic E-state index is 0.154. The van der Waals surface area contributed by atoms with Crippen LogP contribution >= 0.6 is 0 Å². The third-order valence-electron chi connectivity index (χ3n) is 2.41. The van der Waals surface area contributed by atoms with Gasteiger partial charge in [0.1, 0.15) is 11.8 Å². The Morgan fingerprint density at radius 3 is 2.50 bits per heavy atom. The van der Waals surface area contributed by atoms with E-state index in [1.54, 1.807) is 0 Å². The maximum absolute atomic E-state index is 9.80. The molecule has 0 aliphatic heterocycles. The average Bonchev–Trinajstić information content (AvgIpc) is 2.17. The van der Waals surface area contributed by atoms with E-state index in [4.69, 9.17) is 5.26 Å². The maximum Gasteiger partial charge on any atom is 0.136 e. The van der Waals surface area contributed by atoms with Gasteiger partial charge in [-0.15, -0.1) is 0 Å². The van der Waals surface area contributed by atoms with Crippen LogP contribution in [-0.4, -0.2) is 5.11 Å². The van der Waals surface area contributed by atoms with Gasteiger partial charge in [-0.1, -0.05) is 32.9 Å². The number of rotatable bonds is 2. The van der Waals surface area contributed by atoms with Crippen LogP contribution in [0.2, 0.25) is 0 Å². The summed E-state index contributed by atoms with van der Waals surface area (Å²) < 4.78 is 0. The van der Waals surface area contributed by atoms with Gasteiger partial charge in [-0.25, -0.2) is 0 Å². The van der Waals surface area contributed by atoms with Crippen molar-refractivity contribution in [1.29, 1.82) is 5.26 Å². The van der Waals surface area contributed by atoms with E-state index in [0.717, 1.165) is 17.5 Å². The van der Waals surface area contributed by atoms with Crippen molar-refractivity contribution in [3.8, 4) is 11.8 Å². The average molecular weight is 189 g/mol. The number of hydrogen-bond acceptors (Lipinski definition) is 2. The second kappa shape index (κ2) is 4.15. The fourth-order valence-corrected chi connectivity index (χ4v) is 1.53. The smallest absolute Gasteiger partial charge is 0.136 e. The minimum Gasteiger partial charge on any atom is -0.506 e. The molecule has 1 rings (SSSR count). The lowest BCUT2D eigenvalue weighted by Crippen LogP contribution is -1.95. The molecule has 74 valence electrons. The van der Waals surface area contributed by atoms with Gasteiger partial charge in [-0.3, -0.25) is 0 Å². The first-order valence-corrected chi connectivity index (χ1v) is 4.86. The lowest BCUT2D eigenvalue weighted by molar-refractivity contribution is 0.465. The third-order valence-corrected chi connectivity index (χ3v) is 2.41. The topological polar surface area (TPSA) is 44.0 Å². The Morgan fingerprint density at radius 1 is 1.43 bits per heavy atom. The first kappa shape index (κ1) is 10.6. The molecule has 2 nitrogen and oxygen atoms in total. The summed E-state index contributed by atoms with van der Waals surface area (Å²) in [4.78, 5) is 0. The van der Waals surface area contributed by atoms with E-state index in [1.807, 2.05) is 32.9 Å². The van der Waals surface area contributed by atoms with Gasteiger partial charge in [0.25, 0.3) is 0 Å². The quantitative estimate of drug-likeness (QED) is 0.777. The molecule has 0 spiro atoms. The number of nitriles is 1. The molecule has 0 atom stereocenters. The Labute approximate surface area is 84.8 Å². The van der Waals surface area contributed by atoms with E-state index in [1.165, 1.54) is 0 Å². The zero-order valence-corrected chi connectivity index (χ0v) is 8.83. The van der Waals surface area contributed by atoms with Gasteiger partial charge < -0.3 is 5.11 Å². The van der Waals surface area contributed by atoms with Crippen molar-refractivity contribution in [3.63, 3.8) is 0 Å². The number of phenolic OH excluding ortho intramolecular Hbond substituents is 1. The van der Waals surface area contributed by atoms with Crippen LogP contribution in [0.4, 0.5) is 0 Å². The Balaban J connectivity index is 3.38. The van der Waals surface area contributed by atoms with Crippen molar-refractivity contribution in [2.24, 2.45) is 0 Å². The van der Waals surface area contributed by atoms with Crippen LogP contribution < -0.4 is 0 Å². The molecular weight excluding hydrogens is 174 g/mol. The second-order valence-corrected chi connectivity index (χ2v) is 3.66. The van der Waals surface area contributed by atoms with Gasteiger partial charge in [0, 0.05) is 0 Å². The maximum atomic E-state index is 9.80. The summed E-state index contributed by atoms with van der Waals surface area (Å²) in [5.41, 5.74) is 2.19. The molecule has 14 heavy (non-hydrogen) atoms. The Morgan fingerprint density at radius 2 is 2.07 bits per heavy atom. The molecule has 0 heterocycles. The van der Waals surface area contributed by atoms with E-state index in [-0.39, 0.29) is 11.7 Å². The fourth-order valence-electron chi connectivity index (χ4n) is 1.53. The van der Waals surface area contributed by atoms with Gasteiger partial charge >= 0.3 is 0 Å². The minimum atomic E-state index is 0.154. The molecule has 0 amide bonds. The molecule has 0 aliphatic carbocycles. The molecule has 0 saturated carbocycles. The van der Waals surface area contributed by atoms with E-state index in [0.29, 0.717) is 5.56 Å². The highest BCUT2D eigenvalue weighted by molar-refractivity contribution is 5.53. The highest BCUT2D eigenvalue weighted by Gasteiger charge is 2.13. The monoisotopic (exact) mass is 189 g/mol. The molecule has 0 saturated heterocycles. The summed E-state index contributed by atoms with van der Waals surface area (Å²) in [6, 6.07) is 5.90. The molecule has 1 N–H and O–H groups in total. The van der Waals surface area contributed by atoms with Crippen LogP contribution in [0.1, 0.15) is 43.4 Å². The van der Waals surface area contributed by atoms with E-state index < -0.39 is 0 Å². The van der Waals surface area contributed by atoms with Gasteiger partial charge in [0.05, 0.1) is 5.56 Å². The summed E-state index contributed by atoms with van der Waals surface area (Å²) >= 11 is 0. The number of phenols is 1. The van der Waals surface area contributed by atoms with E-state index in [2.05, 4.69) is 6.07 Å². The van der Waals surface area contributed by atoms with Crippen LogP contribution in [-0.2, 0) is 6.42 Å². The van der Waals surface area contributed by atoms with Crippen molar-refractivity contribution >= 4 is 0 Å². The third kappa shape index (κ3) is 1.72. The highest BCUT2D eigenvalue weighted by Crippen LogP contribution is 2.29. The normalized spacial score (nSPS) is 10.2. The lowest BCUT2D eigenvalue weighted by atomic mass is 9.94. The standard InChI is InChI=1S/C12H15NO/c1-4-9-5-6-10(8(2)3)11(7-13)12(9)14/h5-6,8,14H,4H2,1-3H3. The molecule has 0 unspecified atom stereocenters. The summed E-state index contributed by atoms with van der Waals surface area (Å²) in [6.07, 6.45) is 0.749. The van der Waals surface area contributed by atoms with Crippen molar-refractivity contribution in [1.82, 2.24) is 0 Å². The molecule has 0 bridgehead atoms. The zero-order chi connectivity index (χ0) is 10.7. The van der Waals surface area contributed by atoms with Gasteiger partial charge in [-0.2, -0.15) is 5.26 Å². The predicted molar refractivity (Wildman–Crippen MR) is 56.3 cm³/mol. The van der Waals surface area contributed by atoms with Crippen LogP contribution in [0.25, 0.3) is 0 Å². The molecule has 1 aromatic carbocycles. The zero-order valence-electron chi connectivity index (χ0n) is 8.83. The summed E-state index contributed by atoms with van der Waals surface area (Å²) in [5, 5.41) is 18.8. The predicted octanol–water partition coefficient (Wildman–Crippen LogP) is 2.95. The number of hydrogen-bond donors (Lipinski definition) is 1. The molecule has 0 aromatic heterocycles. The lowest BCUT2D eigenvalue weighted by Gasteiger charge is -2.11. The summed E-state index contributed by atoms with van der Waals surface area (Å²) in [6.45, 7) is 5.99. The molecule has 0 aliphatic rings. The molecular formula is C12H15NO.